The Bertz CT molecular complexity index is 1310. The molecule has 9 heteroatoms. The number of nitrogens with zero attached hydrogens (tertiary/aromatic N) is 4. The first kappa shape index (κ1) is 17.5. The van der Waals surface area contributed by atoms with E-state index in [0.29, 0.717) is 45.0 Å². The molecule has 0 amide bonds. The number of ether oxygens (including phenoxy) is 2. The van der Waals surface area contributed by atoms with E-state index >= 15 is 0 Å². The Balaban J connectivity index is 1.34. The molecule has 1 saturated carbocycles. The number of rotatable bonds is 5. The minimum absolute atomic E-state index is 0.0567. The Morgan fingerprint density at radius 3 is 2.67 bits per heavy atom. The van der Waals surface area contributed by atoms with E-state index in [1.54, 1.807) is 16.7 Å². The van der Waals surface area contributed by atoms with E-state index in [-0.39, 0.29) is 18.4 Å². The van der Waals surface area contributed by atoms with Gasteiger partial charge in [0.1, 0.15) is 0 Å². The van der Waals surface area contributed by atoms with Crippen LogP contribution in [0.5, 0.6) is 11.5 Å². The topological polar surface area (TPSA) is 92.3 Å². The van der Waals surface area contributed by atoms with Crippen LogP contribution in [0.1, 0.15) is 24.8 Å². The molecule has 8 nitrogen and oxygen atoms in total. The number of hydrogen-bond donors (Lipinski definition) is 0. The lowest BCUT2D eigenvalue weighted by Crippen LogP contribution is -2.22. The van der Waals surface area contributed by atoms with Gasteiger partial charge in [-0.2, -0.15) is 4.98 Å². The summed E-state index contributed by atoms with van der Waals surface area (Å²) < 4.78 is 18.0. The van der Waals surface area contributed by atoms with E-state index in [1.165, 1.54) is 11.8 Å². The molecule has 6 rings (SSSR count). The molecule has 0 N–H and O–H groups in total. The third-order valence-electron chi connectivity index (χ3n) is 5.10. The lowest BCUT2D eigenvalue weighted by atomic mass is 10.2. The minimum Gasteiger partial charge on any atom is -0.454 e. The highest BCUT2D eigenvalue weighted by atomic mass is 32.2. The van der Waals surface area contributed by atoms with Crippen LogP contribution in [0, 0.1) is 0 Å². The molecule has 0 saturated heterocycles. The number of thioether (sulfide) groups is 1. The molecular weight excluding hydrogens is 404 g/mol. The van der Waals surface area contributed by atoms with Crippen LogP contribution in [0.2, 0.25) is 0 Å². The van der Waals surface area contributed by atoms with Crippen molar-refractivity contribution in [2.45, 2.75) is 29.8 Å². The van der Waals surface area contributed by atoms with Crippen molar-refractivity contribution in [3.05, 3.63) is 58.7 Å². The third-order valence-corrected chi connectivity index (χ3v) is 6.04. The van der Waals surface area contributed by atoms with Crippen molar-refractivity contribution in [3.63, 3.8) is 0 Å². The van der Waals surface area contributed by atoms with E-state index in [9.17, 15) is 4.79 Å². The second kappa shape index (κ2) is 6.88. The maximum Gasteiger partial charge on any atom is 0.262 e. The largest absolute Gasteiger partial charge is 0.454 e. The van der Waals surface area contributed by atoms with Gasteiger partial charge in [-0.05, 0) is 18.9 Å². The monoisotopic (exact) mass is 420 g/mol. The van der Waals surface area contributed by atoms with Crippen molar-refractivity contribution in [1.29, 1.82) is 0 Å². The van der Waals surface area contributed by atoms with Crippen LogP contribution < -0.4 is 15.0 Å². The van der Waals surface area contributed by atoms with Crippen molar-refractivity contribution in [2.75, 3.05) is 6.79 Å². The number of aromatic nitrogens is 4. The Morgan fingerprint density at radius 1 is 1.07 bits per heavy atom. The molecule has 2 aromatic heterocycles. The lowest BCUT2D eigenvalue weighted by molar-refractivity contribution is 0.174. The van der Waals surface area contributed by atoms with E-state index in [2.05, 4.69) is 10.1 Å². The van der Waals surface area contributed by atoms with E-state index in [4.69, 9.17) is 19.0 Å². The van der Waals surface area contributed by atoms with Crippen molar-refractivity contribution in [2.24, 2.45) is 0 Å². The zero-order chi connectivity index (χ0) is 20.1. The van der Waals surface area contributed by atoms with Crippen molar-refractivity contribution in [3.8, 4) is 22.9 Å². The summed E-state index contributed by atoms with van der Waals surface area (Å²) in [7, 11) is 0. The van der Waals surface area contributed by atoms with Gasteiger partial charge in [0.15, 0.2) is 16.7 Å². The standard InChI is InChI=1S/C21H16N4O4S/c26-20-14-8-16-17(28-11-27-16)9-15(14)22-21(25(20)13-6-7-13)30-10-18-23-19(24-29-18)12-4-2-1-3-5-12/h1-5,8-9,13H,6-7,10-11H2. The molecule has 1 aliphatic carbocycles. The van der Waals surface area contributed by atoms with Crippen LogP contribution in [-0.2, 0) is 5.75 Å². The zero-order valence-corrected chi connectivity index (χ0v) is 16.6. The molecule has 2 aromatic carbocycles. The second-order valence-corrected chi connectivity index (χ2v) is 8.13. The predicted octanol–water partition coefficient (Wildman–Crippen LogP) is 3.80. The molecule has 1 aliphatic heterocycles. The summed E-state index contributed by atoms with van der Waals surface area (Å²) in [4.78, 5) is 22.4. The van der Waals surface area contributed by atoms with Gasteiger partial charge in [-0.25, -0.2) is 4.98 Å². The Kier molecular flexibility index (Phi) is 4.02. The summed E-state index contributed by atoms with van der Waals surface area (Å²) in [6.45, 7) is 0.158. The fourth-order valence-electron chi connectivity index (χ4n) is 3.47. The quantitative estimate of drug-likeness (QED) is 0.356. The minimum atomic E-state index is -0.0567. The third kappa shape index (κ3) is 3.02. The first-order valence-corrected chi connectivity index (χ1v) is 10.6. The van der Waals surface area contributed by atoms with Crippen molar-refractivity contribution in [1.82, 2.24) is 19.7 Å². The molecule has 0 atom stereocenters. The maximum atomic E-state index is 13.2. The van der Waals surface area contributed by atoms with Crippen LogP contribution in [-0.4, -0.2) is 26.5 Å². The first-order chi connectivity index (χ1) is 14.8. The summed E-state index contributed by atoms with van der Waals surface area (Å²) in [6, 6.07) is 13.3. The SMILES string of the molecule is O=c1c2cc3c(cc2nc(SCc2nc(-c4ccccc4)no2)n1C1CC1)OCO3. The molecule has 150 valence electrons. The zero-order valence-electron chi connectivity index (χ0n) is 15.8. The van der Waals surface area contributed by atoms with Gasteiger partial charge in [-0.3, -0.25) is 9.36 Å². The molecule has 3 heterocycles. The Morgan fingerprint density at radius 2 is 1.87 bits per heavy atom. The van der Waals surface area contributed by atoms with Crippen molar-refractivity contribution < 1.29 is 14.0 Å². The highest BCUT2D eigenvalue weighted by Crippen LogP contribution is 2.39. The molecule has 0 bridgehead atoms. The number of hydrogen-bond acceptors (Lipinski definition) is 8. The molecule has 4 aromatic rings. The smallest absolute Gasteiger partial charge is 0.262 e. The molecule has 1 fully saturated rings. The average molecular weight is 420 g/mol. The van der Waals surface area contributed by atoms with Crippen molar-refractivity contribution >= 4 is 22.7 Å². The van der Waals surface area contributed by atoms with Crippen LogP contribution in [0.4, 0.5) is 0 Å². The molecule has 0 radical (unpaired) electrons. The van der Waals surface area contributed by atoms with E-state index in [0.717, 1.165) is 18.4 Å². The first-order valence-electron chi connectivity index (χ1n) is 9.63. The van der Waals surface area contributed by atoms with Gasteiger partial charge in [-0.15, -0.1) is 0 Å². The van der Waals surface area contributed by atoms with Gasteiger partial charge in [0, 0.05) is 17.7 Å². The van der Waals surface area contributed by atoms with Gasteiger partial charge in [0.2, 0.25) is 18.5 Å². The fourth-order valence-corrected chi connectivity index (χ4v) is 4.37. The molecular formula is C21H16N4O4S. The summed E-state index contributed by atoms with van der Waals surface area (Å²) in [5.41, 5.74) is 1.44. The highest BCUT2D eigenvalue weighted by molar-refractivity contribution is 7.98. The van der Waals surface area contributed by atoms with E-state index in [1.807, 2.05) is 30.3 Å². The van der Waals surface area contributed by atoms with Gasteiger partial charge in [-0.1, -0.05) is 47.3 Å². The summed E-state index contributed by atoms with van der Waals surface area (Å²) >= 11 is 1.42. The Labute approximate surface area is 174 Å². The van der Waals surface area contributed by atoms with Gasteiger partial charge < -0.3 is 14.0 Å². The summed E-state index contributed by atoms with van der Waals surface area (Å²) in [5.74, 6) is 2.66. The molecule has 0 spiro atoms. The molecule has 30 heavy (non-hydrogen) atoms. The summed E-state index contributed by atoms with van der Waals surface area (Å²) in [5, 5.41) is 5.24. The van der Waals surface area contributed by atoms with Crippen LogP contribution in [0.3, 0.4) is 0 Å². The normalized spacial score (nSPS) is 15.1. The number of fused-ring (bicyclic) bond motifs is 2. The van der Waals surface area contributed by atoms with Crippen LogP contribution >= 0.6 is 11.8 Å². The second-order valence-electron chi connectivity index (χ2n) is 7.19. The number of benzene rings is 2. The van der Waals surface area contributed by atoms with Gasteiger partial charge >= 0.3 is 0 Å². The van der Waals surface area contributed by atoms with Crippen LogP contribution in [0.15, 0.2) is 56.9 Å². The van der Waals surface area contributed by atoms with Gasteiger partial charge in [0.05, 0.1) is 16.7 Å². The fraction of sp³-hybridized carbons (Fsp3) is 0.238. The molecule has 2 aliphatic rings. The Hall–Kier alpha value is -3.33. The average Bonchev–Trinajstić information content (AvgIpc) is 3.31. The summed E-state index contributed by atoms with van der Waals surface area (Å²) in [6.07, 6.45) is 1.95. The predicted molar refractivity (Wildman–Crippen MR) is 110 cm³/mol. The van der Waals surface area contributed by atoms with E-state index < -0.39 is 0 Å². The highest BCUT2D eigenvalue weighted by Gasteiger charge is 2.29. The van der Waals surface area contributed by atoms with Crippen LogP contribution in [0.25, 0.3) is 22.3 Å². The molecule has 0 unspecified atom stereocenters. The van der Waals surface area contributed by atoms with Gasteiger partial charge in [0.25, 0.3) is 5.56 Å². The lowest BCUT2D eigenvalue weighted by Gasteiger charge is -2.12. The maximum absolute atomic E-state index is 13.2.